The minimum absolute atomic E-state index is 0. The molecule has 2 aromatic carbocycles. The Balaban J connectivity index is 0. The fourth-order valence-electron chi connectivity index (χ4n) is 1.78. The van der Waals surface area contributed by atoms with Crippen LogP contribution in [-0.4, -0.2) is 0 Å². The van der Waals surface area contributed by atoms with Gasteiger partial charge in [-0.25, -0.2) is 0 Å². The molecule has 0 saturated carbocycles. The first kappa shape index (κ1) is 20.1. The number of aryl methyl sites for hydroxylation is 1. The molecule has 0 aliphatic carbocycles. The Bertz CT molecular complexity index is 477. The molecule has 0 aliphatic heterocycles. The van der Waals surface area contributed by atoms with Crippen LogP contribution in [0.15, 0.2) is 28.7 Å². The summed E-state index contributed by atoms with van der Waals surface area (Å²) in [6, 6.07) is 8.99. The number of hydrogen-bond acceptors (Lipinski definition) is 0. The Morgan fingerprint density at radius 2 is 1.71 bits per heavy atom. The molecule has 0 N–H and O–H groups in total. The van der Waals surface area contributed by atoms with Crippen molar-refractivity contribution in [1.29, 1.82) is 0 Å². The zero-order chi connectivity index (χ0) is 10.3. The maximum Gasteiger partial charge on any atom is 3.00 e. The zero-order valence-electron chi connectivity index (χ0n) is 10.0. The predicted octanol–water partition coefficient (Wildman–Crippen LogP) is -1.24. The minimum Gasteiger partial charge on any atom is -1.00 e. The second-order valence-corrected chi connectivity index (χ2v) is 5.05. The summed E-state index contributed by atoms with van der Waals surface area (Å²) in [6.45, 7) is 6.59. The normalized spacial score (nSPS) is 9.47. The molecular formula is C13H14BrCl2Zr. The van der Waals surface area contributed by atoms with E-state index in [0.717, 1.165) is 0 Å². The van der Waals surface area contributed by atoms with E-state index in [4.69, 9.17) is 0 Å². The fourth-order valence-corrected chi connectivity index (χ4v) is 2.39. The number of rotatable bonds is 1. The summed E-state index contributed by atoms with van der Waals surface area (Å²) in [7, 11) is 0. The van der Waals surface area contributed by atoms with Crippen molar-refractivity contribution in [2.75, 3.05) is 0 Å². The van der Waals surface area contributed by atoms with Crippen LogP contribution in [0.3, 0.4) is 0 Å². The van der Waals surface area contributed by atoms with Crippen LogP contribution in [0.1, 0.15) is 30.9 Å². The molecule has 0 unspecified atom stereocenters. The number of fused-ring (bicyclic) bond motifs is 1. The number of halogens is 3. The van der Waals surface area contributed by atoms with Crippen LogP contribution in [0.5, 0.6) is 0 Å². The van der Waals surface area contributed by atoms with Gasteiger partial charge in [0.2, 0.25) is 0 Å². The molecule has 0 aromatic heterocycles. The maximum absolute atomic E-state index is 3.63. The van der Waals surface area contributed by atoms with Gasteiger partial charge in [-0.15, -0.1) is 28.5 Å². The van der Waals surface area contributed by atoms with Gasteiger partial charge in [0.05, 0.1) is 0 Å². The summed E-state index contributed by atoms with van der Waals surface area (Å²) in [4.78, 5) is 0. The molecule has 0 heterocycles. The van der Waals surface area contributed by atoms with Crippen molar-refractivity contribution in [3.8, 4) is 0 Å². The first-order valence-corrected chi connectivity index (χ1v) is 5.73. The first-order valence-electron chi connectivity index (χ1n) is 4.94. The summed E-state index contributed by atoms with van der Waals surface area (Å²) in [5, 5.41) is 2.67. The third-order valence-electron chi connectivity index (χ3n) is 2.61. The molecule has 0 bridgehead atoms. The van der Waals surface area contributed by atoms with Crippen LogP contribution in [0.2, 0.25) is 0 Å². The van der Waals surface area contributed by atoms with Crippen molar-refractivity contribution in [1.82, 2.24) is 0 Å². The van der Waals surface area contributed by atoms with Gasteiger partial charge in [0.15, 0.2) is 0 Å². The van der Waals surface area contributed by atoms with Crippen molar-refractivity contribution >= 4 is 26.7 Å². The second-order valence-electron chi connectivity index (χ2n) is 4.19. The molecule has 0 fully saturated rings. The SMILES string of the molecule is Cc1cc2c(Br)cc(C(C)C)cc2[cH-]1.[Cl-].[Cl-].[Zr+3]. The van der Waals surface area contributed by atoms with Crippen LogP contribution in [0, 0.1) is 6.92 Å². The standard InChI is InChI=1S/C13H14Br.2ClH.Zr/c1-8(2)10-6-11-4-9(3)5-12(11)13(14)7-10;;;/h4-8H,1-3H3;2*1H;/q-1;;;+3/p-2. The molecule has 0 saturated heterocycles. The van der Waals surface area contributed by atoms with Gasteiger partial charge in [-0.1, -0.05) is 48.3 Å². The minimum atomic E-state index is 0. The van der Waals surface area contributed by atoms with Gasteiger partial charge in [0.25, 0.3) is 0 Å². The molecule has 0 spiro atoms. The Morgan fingerprint density at radius 3 is 2.24 bits per heavy atom. The van der Waals surface area contributed by atoms with Gasteiger partial charge in [-0.05, 0) is 10.4 Å². The molecule has 0 nitrogen and oxygen atoms in total. The van der Waals surface area contributed by atoms with E-state index >= 15 is 0 Å². The Morgan fingerprint density at radius 1 is 1.12 bits per heavy atom. The third-order valence-corrected chi connectivity index (χ3v) is 3.26. The Labute approximate surface area is 143 Å². The van der Waals surface area contributed by atoms with Crippen molar-refractivity contribution in [3.05, 3.63) is 39.9 Å². The summed E-state index contributed by atoms with van der Waals surface area (Å²) in [6.07, 6.45) is 0. The number of benzene rings is 1. The predicted molar refractivity (Wildman–Crippen MR) is 66.1 cm³/mol. The average Bonchev–Trinajstić information content (AvgIpc) is 2.45. The summed E-state index contributed by atoms with van der Waals surface area (Å²) in [5.74, 6) is 0.589. The van der Waals surface area contributed by atoms with E-state index in [1.807, 2.05) is 0 Å². The zero-order valence-corrected chi connectivity index (χ0v) is 15.6. The molecule has 2 aromatic rings. The van der Waals surface area contributed by atoms with Gasteiger partial charge >= 0.3 is 26.2 Å². The third kappa shape index (κ3) is 4.42. The molecule has 17 heavy (non-hydrogen) atoms. The van der Waals surface area contributed by atoms with Crippen LogP contribution in [-0.2, 0) is 26.2 Å². The van der Waals surface area contributed by atoms with E-state index in [2.05, 4.69) is 61.0 Å². The molecule has 2 rings (SSSR count). The molecule has 91 valence electrons. The van der Waals surface area contributed by atoms with Gasteiger partial charge in [-0.3, -0.25) is 0 Å². The Kier molecular flexibility index (Phi) is 9.51. The second kappa shape index (κ2) is 8.05. The van der Waals surface area contributed by atoms with E-state index in [-0.39, 0.29) is 51.0 Å². The molecule has 4 heteroatoms. The van der Waals surface area contributed by atoms with E-state index in [1.54, 1.807) is 0 Å². The summed E-state index contributed by atoms with van der Waals surface area (Å²) < 4.78 is 1.21. The van der Waals surface area contributed by atoms with E-state index in [1.165, 1.54) is 26.4 Å². The van der Waals surface area contributed by atoms with Crippen LogP contribution >= 0.6 is 15.9 Å². The molecule has 0 atom stereocenters. The molecule has 1 radical (unpaired) electrons. The first-order chi connectivity index (χ1) is 6.58. The maximum atomic E-state index is 3.63. The van der Waals surface area contributed by atoms with Gasteiger partial charge < -0.3 is 24.8 Å². The summed E-state index contributed by atoms with van der Waals surface area (Å²) in [5.41, 5.74) is 2.73. The van der Waals surface area contributed by atoms with Crippen LogP contribution < -0.4 is 24.8 Å². The number of hydrogen-bond donors (Lipinski definition) is 0. The van der Waals surface area contributed by atoms with Gasteiger partial charge in [0, 0.05) is 0 Å². The quantitative estimate of drug-likeness (QED) is 0.515. The average molecular weight is 412 g/mol. The monoisotopic (exact) mass is 409 g/mol. The van der Waals surface area contributed by atoms with Crippen molar-refractivity contribution in [2.45, 2.75) is 26.7 Å². The summed E-state index contributed by atoms with van der Waals surface area (Å²) >= 11 is 3.63. The molecule has 0 amide bonds. The van der Waals surface area contributed by atoms with Gasteiger partial charge in [0.1, 0.15) is 0 Å². The smallest absolute Gasteiger partial charge is 1.00 e. The molecule has 0 aliphatic rings. The van der Waals surface area contributed by atoms with Crippen molar-refractivity contribution in [3.63, 3.8) is 0 Å². The van der Waals surface area contributed by atoms with Crippen molar-refractivity contribution in [2.24, 2.45) is 0 Å². The van der Waals surface area contributed by atoms with Crippen LogP contribution in [0.4, 0.5) is 0 Å². The topological polar surface area (TPSA) is 0 Å². The van der Waals surface area contributed by atoms with E-state index in [0.29, 0.717) is 5.92 Å². The van der Waals surface area contributed by atoms with Crippen LogP contribution in [0.25, 0.3) is 10.8 Å². The fraction of sp³-hybridized carbons (Fsp3) is 0.308. The largest absolute Gasteiger partial charge is 3.00 e. The van der Waals surface area contributed by atoms with Crippen molar-refractivity contribution < 1.29 is 51.0 Å². The molecular weight excluding hydrogens is 398 g/mol. The Hall–Kier alpha value is 0.773. The van der Waals surface area contributed by atoms with E-state index in [9.17, 15) is 0 Å². The van der Waals surface area contributed by atoms with E-state index < -0.39 is 0 Å². The van der Waals surface area contributed by atoms with Gasteiger partial charge in [-0.2, -0.15) is 6.07 Å².